The van der Waals surface area contributed by atoms with Gasteiger partial charge in [0.25, 0.3) is 0 Å². The second kappa shape index (κ2) is 5.89. The molecule has 1 amide bonds. The Morgan fingerprint density at radius 1 is 1.33 bits per heavy atom. The first-order valence-corrected chi connectivity index (χ1v) is 6.30. The summed E-state index contributed by atoms with van der Waals surface area (Å²) in [4.78, 5) is 11.8. The smallest absolute Gasteiger partial charge is 0.225 e. The number of carbonyl (C=O) groups is 1. The topological polar surface area (TPSA) is 38.3 Å². The maximum absolute atomic E-state index is 11.8. The van der Waals surface area contributed by atoms with Gasteiger partial charge in [0.2, 0.25) is 5.91 Å². The molecule has 1 aromatic carbocycles. The zero-order valence-corrected chi connectivity index (χ0v) is 11.9. The maximum atomic E-state index is 11.8. The van der Waals surface area contributed by atoms with Gasteiger partial charge in [0, 0.05) is 5.41 Å². The minimum Gasteiger partial charge on any atom is -0.491 e. The summed E-state index contributed by atoms with van der Waals surface area (Å²) in [6, 6.07) is 7.87. The Hall–Kier alpha value is -1.51. The fourth-order valence-electron chi connectivity index (χ4n) is 1.42. The predicted molar refractivity (Wildman–Crippen MR) is 73.7 cm³/mol. The second-order valence-corrected chi connectivity index (χ2v) is 5.70. The molecule has 0 spiro atoms. The fourth-order valence-corrected chi connectivity index (χ4v) is 1.42. The number of amides is 1. The van der Waals surface area contributed by atoms with E-state index in [0.29, 0.717) is 6.61 Å². The summed E-state index contributed by atoms with van der Waals surface area (Å²) in [5.74, 6) is 0.915. The van der Waals surface area contributed by atoms with E-state index in [4.69, 9.17) is 4.74 Å². The molecule has 3 nitrogen and oxygen atoms in total. The zero-order chi connectivity index (χ0) is 13.8. The van der Waals surface area contributed by atoms with E-state index < -0.39 is 0 Å². The third kappa shape index (κ3) is 4.40. The molecule has 0 aliphatic heterocycles. The van der Waals surface area contributed by atoms with Crippen molar-refractivity contribution in [3.8, 4) is 5.75 Å². The highest BCUT2D eigenvalue weighted by Gasteiger charge is 2.22. The van der Waals surface area contributed by atoms with E-state index in [1.807, 2.05) is 58.9 Å². The number of rotatable bonds is 4. The van der Waals surface area contributed by atoms with Crippen LogP contribution in [0.3, 0.4) is 0 Å². The van der Waals surface area contributed by atoms with Crippen molar-refractivity contribution in [3.63, 3.8) is 0 Å². The van der Waals surface area contributed by atoms with Crippen LogP contribution in [-0.4, -0.2) is 18.6 Å². The molecule has 0 bridgehead atoms. The summed E-state index contributed by atoms with van der Waals surface area (Å²) < 4.78 is 5.70. The van der Waals surface area contributed by atoms with E-state index in [-0.39, 0.29) is 17.4 Å². The molecule has 3 heteroatoms. The molecule has 0 saturated heterocycles. The van der Waals surface area contributed by atoms with Gasteiger partial charge in [-0.2, -0.15) is 0 Å². The van der Waals surface area contributed by atoms with E-state index in [0.717, 1.165) is 11.3 Å². The van der Waals surface area contributed by atoms with Gasteiger partial charge in [-0.1, -0.05) is 39.0 Å². The Morgan fingerprint density at radius 2 is 1.94 bits per heavy atom. The molecule has 18 heavy (non-hydrogen) atoms. The largest absolute Gasteiger partial charge is 0.491 e. The Morgan fingerprint density at radius 3 is 2.50 bits per heavy atom. The molecule has 1 N–H and O–H groups in total. The lowest BCUT2D eigenvalue weighted by Gasteiger charge is -2.22. The van der Waals surface area contributed by atoms with Crippen LogP contribution in [-0.2, 0) is 4.79 Å². The summed E-state index contributed by atoms with van der Waals surface area (Å²) in [7, 11) is 0. The van der Waals surface area contributed by atoms with Crippen LogP contribution in [0.5, 0.6) is 5.75 Å². The fraction of sp³-hybridized carbons (Fsp3) is 0.533. The van der Waals surface area contributed by atoms with Crippen LogP contribution in [0.4, 0.5) is 0 Å². The van der Waals surface area contributed by atoms with Gasteiger partial charge in [-0.05, 0) is 25.5 Å². The Kier molecular flexibility index (Phi) is 4.76. The summed E-state index contributed by atoms with van der Waals surface area (Å²) in [5, 5.41) is 2.95. The Labute approximate surface area is 110 Å². The molecule has 0 unspecified atom stereocenters. The van der Waals surface area contributed by atoms with Crippen LogP contribution in [0.1, 0.15) is 33.3 Å². The van der Waals surface area contributed by atoms with Crippen molar-refractivity contribution in [2.75, 3.05) is 6.61 Å². The number of hydrogen-bond acceptors (Lipinski definition) is 2. The van der Waals surface area contributed by atoms with Gasteiger partial charge in [-0.25, -0.2) is 0 Å². The highest BCUT2D eigenvalue weighted by atomic mass is 16.5. The average molecular weight is 249 g/mol. The van der Waals surface area contributed by atoms with Crippen LogP contribution < -0.4 is 10.1 Å². The van der Waals surface area contributed by atoms with E-state index in [9.17, 15) is 4.79 Å². The third-order valence-electron chi connectivity index (χ3n) is 2.64. The van der Waals surface area contributed by atoms with Crippen molar-refractivity contribution >= 4 is 5.91 Å². The van der Waals surface area contributed by atoms with Gasteiger partial charge in [-0.3, -0.25) is 4.79 Å². The van der Waals surface area contributed by atoms with Gasteiger partial charge < -0.3 is 10.1 Å². The van der Waals surface area contributed by atoms with Gasteiger partial charge in [-0.15, -0.1) is 0 Å². The van der Waals surface area contributed by atoms with Crippen molar-refractivity contribution in [1.29, 1.82) is 0 Å². The lowest BCUT2D eigenvalue weighted by Crippen LogP contribution is -2.42. The van der Waals surface area contributed by atoms with Crippen LogP contribution in [0.25, 0.3) is 0 Å². The predicted octanol–water partition coefficient (Wildman–Crippen LogP) is 2.92. The first-order chi connectivity index (χ1) is 8.30. The Balaban J connectivity index is 2.45. The summed E-state index contributed by atoms with van der Waals surface area (Å²) in [5.41, 5.74) is 0.739. The molecule has 100 valence electrons. The lowest BCUT2D eigenvalue weighted by molar-refractivity contribution is -0.129. The van der Waals surface area contributed by atoms with E-state index >= 15 is 0 Å². The van der Waals surface area contributed by atoms with Crippen LogP contribution in [0, 0.1) is 12.3 Å². The molecule has 0 fully saturated rings. The second-order valence-electron chi connectivity index (χ2n) is 5.70. The minimum atomic E-state index is -0.364. The lowest BCUT2D eigenvalue weighted by atomic mass is 9.95. The van der Waals surface area contributed by atoms with Crippen molar-refractivity contribution < 1.29 is 9.53 Å². The molecule has 0 heterocycles. The van der Waals surface area contributed by atoms with Crippen molar-refractivity contribution in [3.05, 3.63) is 29.8 Å². The van der Waals surface area contributed by atoms with Crippen LogP contribution in [0.15, 0.2) is 24.3 Å². The highest BCUT2D eigenvalue weighted by molar-refractivity contribution is 5.81. The molecular weight excluding hydrogens is 226 g/mol. The number of para-hydroxylation sites is 1. The summed E-state index contributed by atoms with van der Waals surface area (Å²) in [6.07, 6.45) is 0. The van der Waals surface area contributed by atoms with Gasteiger partial charge in [0.05, 0.1) is 6.04 Å². The molecule has 0 aromatic heterocycles. The summed E-state index contributed by atoms with van der Waals surface area (Å²) >= 11 is 0. The number of aryl methyl sites for hydroxylation is 1. The monoisotopic (exact) mass is 249 g/mol. The van der Waals surface area contributed by atoms with Crippen molar-refractivity contribution in [1.82, 2.24) is 5.32 Å². The van der Waals surface area contributed by atoms with Crippen LogP contribution >= 0.6 is 0 Å². The quantitative estimate of drug-likeness (QED) is 0.891. The van der Waals surface area contributed by atoms with E-state index in [1.54, 1.807) is 0 Å². The number of carbonyl (C=O) groups excluding carboxylic acids is 1. The zero-order valence-electron chi connectivity index (χ0n) is 11.9. The Bertz CT molecular complexity index is 407. The molecule has 1 rings (SSSR count). The molecule has 0 aliphatic carbocycles. The molecule has 1 atom stereocenters. The first-order valence-electron chi connectivity index (χ1n) is 6.30. The number of benzene rings is 1. The third-order valence-corrected chi connectivity index (χ3v) is 2.64. The normalized spacial score (nSPS) is 12.9. The number of nitrogens with one attached hydrogen (secondary N) is 1. The van der Waals surface area contributed by atoms with Crippen molar-refractivity contribution in [2.45, 2.75) is 40.7 Å². The van der Waals surface area contributed by atoms with E-state index in [2.05, 4.69) is 5.32 Å². The van der Waals surface area contributed by atoms with Gasteiger partial charge >= 0.3 is 0 Å². The summed E-state index contributed by atoms with van der Waals surface area (Å²) in [6.45, 7) is 10.1. The number of hydrogen-bond donors (Lipinski definition) is 1. The number of ether oxygens (including phenoxy) is 1. The van der Waals surface area contributed by atoms with Crippen LogP contribution in [0.2, 0.25) is 0 Å². The molecule has 1 aromatic rings. The standard InChI is InChI=1S/C15H23NO2/c1-11-8-6-7-9-13(11)18-10-12(2)16-14(17)15(3,4)5/h6-9,12H,10H2,1-5H3,(H,16,17)/t12-/m1/s1. The van der Waals surface area contributed by atoms with E-state index in [1.165, 1.54) is 0 Å². The van der Waals surface area contributed by atoms with Crippen molar-refractivity contribution in [2.24, 2.45) is 5.41 Å². The minimum absolute atomic E-state index is 0.00340. The average Bonchev–Trinajstić information content (AvgIpc) is 2.26. The SMILES string of the molecule is Cc1ccccc1OC[C@@H](C)NC(=O)C(C)(C)C. The molecular formula is C15H23NO2. The van der Waals surface area contributed by atoms with Gasteiger partial charge in [0.1, 0.15) is 12.4 Å². The molecule has 0 saturated carbocycles. The maximum Gasteiger partial charge on any atom is 0.225 e. The van der Waals surface area contributed by atoms with Gasteiger partial charge in [0.15, 0.2) is 0 Å². The first kappa shape index (κ1) is 14.6. The molecule has 0 aliphatic rings. The molecule has 0 radical (unpaired) electrons. The highest BCUT2D eigenvalue weighted by Crippen LogP contribution is 2.17.